The molecule has 0 aliphatic carbocycles. The molecule has 2 heterocycles. The third-order valence-electron chi connectivity index (χ3n) is 4.60. The van der Waals surface area contributed by atoms with Crippen LogP contribution in [0.5, 0.6) is 5.75 Å². The summed E-state index contributed by atoms with van der Waals surface area (Å²) in [5.41, 5.74) is 0.857. The molecule has 1 fully saturated rings. The number of benzene rings is 1. The lowest BCUT2D eigenvalue weighted by molar-refractivity contribution is -0.159. The smallest absolute Gasteiger partial charge is 0.348 e. The van der Waals surface area contributed by atoms with E-state index in [1.165, 1.54) is 0 Å². The van der Waals surface area contributed by atoms with E-state index in [9.17, 15) is 9.90 Å². The van der Waals surface area contributed by atoms with E-state index in [2.05, 4.69) is 14.9 Å². The van der Waals surface area contributed by atoms with Crippen molar-refractivity contribution in [3.63, 3.8) is 0 Å². The van der Waals surface area contributed by atoms with Gasteiger partial charge in [-0.2, -0.15) is 0 Å². The summed E-state index contributed by atoms with van der Waals surface area (Å²) >= 11 is 0. The number of aromatic amines is 1. The van der Waals surface area contributed by atoms with E-state index in [1.54, 1.807) is 0 Å². The van der Waals surface area contributed by atoms with E-state index in [1.807, 2.05) is 44.3 Å². The van der Waals surface area contributed by atoms with E-state index >= 15 is 0 Å². The second-order valence-corrected chi connectivity index (χ2v) is 6.44. The predicted octanol–water partition coefficient (Wildman–Crippen LogP) is 2.52. The number of para-hydroxylation sites is 1. The van der Waals surface area contributed by atoms with Gasteiger partial charge in [-0.3, -0.25) is 4.90 Å². The number of hydrogen-bond donors (Lipinski definition) is 2. The second kappa shape index (κ2) is 6.65. The third-order valence-corrected chi connectivity index (χ3v) is 4.60. The average Bonchev–Trinajstić information content (AvgIpc) is 2.96. The number of nitrogens with one attached hydrogen (secondary N) is 1. The van der Waals surface area contributed by atoms with Crippen LogP contribution in [0, 0.1) is 13.8 Å². The number of H-pyrrole nitrogens is 1. The first-order valence-electron chi connectivity index (χ1n) is 8.19. The van der Waals surface area contributed by atoms with Crippen LogP contribution >= 0.6 is 0 Å². The Morgan fingerprint density at radius 3 is 2.62 bits per heavy atom. The van der Waals surface area contributed by atoms with Crippen LogP contribution in [0.15, 0.2) is 30.5 Å². The van der Waals surface area contributed by atoms with Crippen molar-refractivity contribution in [2.75, 3.05) is 13.1 Å². The summed E-state index contributed by atoms with van der Waals surface area (Å²) in [6, 6.07) is 7.55. The van der Waals surface area contributed by atoms with Crippen LogP contribution in [-0.4, -0.2) is 44.6 Å². The van der Waals surface area contributed by atoms with Crippen molar-refractivity contribution in [3.05, 3.63) is 47.5 Å². The Morgan fingerprint density at radius 1 is 1.33 bits per heavy atom. The lowest BCUT2D eigenvalue weighted by Crippen LogP contribution is -2.53. The first kappa shape index (κ1) is 16.5. The zero-order valence-electron chi connectivity index (χ0n) is 14.1. The molecule has 1 aromatic heterocycles. The highest BCUT2D eigenvalue weighted by Gasteiger charge is 2.44. The molecule has 3 rings (SSSR count). The van der Waals surface area contributed by atoms with Gasteiger partial charge in [-0.1, -0.05) is 18.2 Å². The molecule has 2 aromatic rings. The molecule has 0 saturated carbocycles. The second-order valence-electron chi connectivity index (χ2n) is 6.44. The normalized spacial score (nSPS) is 17.6. The fourth-order valence-corrected chi connectivity index (χ4v) is 3.11. The average molecular weight is 329 g/mol. The van der Waals surface area contributed by atoms with Crippen molar-refractivity contribution in [2.45, 2.75) is 38.8 Å². The molecule has 0 bridgehead atoms. The predicted molar refractivity (Wildman–Crippen MR) is 90.0 cm³/mol. The molecule has 6 heteroatoms. The lowest BCUT2D eigenvalue weighted by Gasteiger charge is -2.39. The molecule has 0 atom stereocenters. The zero-order chi connectivity index (χ0) is 17.2. The first-order valence-corrected chi connectivity index (χ1v) is 8.19. The lowest BCUT2D eigenvalue weighted by atomic mass is 9.90. The van der Waals surface area contributed by atoms with Crippen molar-refractivity contribution >= 4 is 5.97 Å². The molecule has 6 nitrogen and oxygen atoms in total. The van der Waals surface area contributed by atoms with Gasteiger partial charge in [-0.25, -0.2) is 9.78 Å². The number of piperidine rings is 1. The molecule has 24 heavy (non-hydrogen) atoms. The molecule has 0 unspecified atom stereocenters. The number of carbonyl (C=O) groups is 1. The molecule has 0 amide bonds. The summed E-state index contributed by atoms with van der Waals surface area (Å²) in [4.78, 5) is 21.5. The first-order chi connectivity index (χ1) is 11.5. The Bertz CT molecular complexity index is 718. The molecule has 1 aliphatic heterocycles. The van der Waals surface area contributed by atoms with Gasteiger partial charge in [-0.05, 0) is 25.5 Å². The Hall–Kier alpha value is -2.34. The van der Waals surface area contributed by atoms with Crippen LogP contribution < -0.4 is 4.74 Å². The highest BCUT2D eigenvalue weighted by atomic mass is 16.5. The largest absolute Gasteiger partial charge is 0.478 e. The molecule has 128 valence electrons. The number of hydrogen-bond acceptors (Lipinski definition) is 4. The standard InChI is InChI=1S/C18H23N3O3/c1-13-5-3-4-6-16(13)24-18(17(22)23)7-9-21(10-8-18)12-15-11-19-14(2)20-15/h3-6,11H,7-10,12H2,1-2H3,(H,19,20)(H,22,23). The molecular weight excluding hydrogens is 306 g/mol. The number of rotatable bonds is 5. The number of ether oxygens (including phenoxy) is 1. The molecule has 0 spiro atoms. The molecule has 2 N–H and O–H groups in total. The Kier molecular flexibility index (Phi) is 4.57. The fraction of sp³-hybridized carbons (Fsp3) is 0.444. The summed E-state index contributed by atoms with van der Waals surface area (Å²) in [6.07, 6.45) is 2.76. The van der Waals surface area contributed by atoms with Crippen LogP contribution in [0.2, 0.25) is 0 Å². The molecular formula is C18H23N3O3. The van der Waals surface area contributed by atoms with Gasteiger partial charge in [0.05, 0.1) is 0 Å². The SMILES string of the molecule is Cc1ncc(CN2CCC(Oc3ccccc3C)(C(=O)O)CC2)[nH]1. The molecule has 1 saturated heterocycles. The van der Waals surface area contributed by atoms with Gasteiger partial charge in [0, 0.05) is 44.4 Å². The van der Waals surface area contributed by atoms with Crippen molar-refractivity contribution in [2.24, 2.45) is 0 Å². The summed E-state index contributed by atoms with van der Waals surface area (Å²) in [6.45, 7) is 5.96. The third kappa shape index (κ3) is 3.43. The van der Waals surface area contributed by atoms with Crippen molar-refractivity contribution in [1.29, 1.82) is 0 Å². The van der Waals surface area contributed by atoms with Gasteiger partial charge in [-0.15, -0.1) is 0 Å². The minimum atomic E-state index is -1.15. The van der Waals surface area contributed by atoms with E-state index in [0.717, 1.165) is 23.6 Å². The number of carboxylic acid groups (broad SMARTS) is 1. The van der Waals surface area contributed by atoms with Crippen molar-refractivity contribution < 1.29 is 14.6 Å². The summed E-state index contributed by atoms with van der Waals surface area (Å²) in [5, 5.41) is 9.76. The molecule has 1 aromatic carbocycles. The van der Waals surface area contributed by atoms with E-state index in [-0.39, 0.29) is 0 Å². The highest BCUT2D eigenvalue weighted by Crippen LogP contribution is 2.31. The van der Waals surface area contributed by atoms with Gasteiger partial charge in [0.1, 0.15) is 11.6 Å². The van der Waals surface area contributed by atoms with Crippen molar-refractivity contribution in [3.8, 4) is 5.75 Å². The quantitative estimate of drug-likeness (QED) is 0.881. The Labute approximate surface area is 141 Å². The highest BCUT2D eigenvalue weighted by molar-refractivity contribution is 5.78. The van der Waals surface area contributed by atoms with E-state index in [4.69, 9.17) is 4.74 Å². The van der Waals surface area contributed by atoms with Gasteiger partial charge >= 0.3 is 5.97 Å². The number of imidazole rings is 1. The van der Waals surface area contributed by atoms with Gasteiger partial charge in [0.25, 0.3) is 0 Å². The van der Waals surface area contributed by atoms with Gasteiger partial charge in [0.15, 0.2) is 0 Å². The van der Waals surface area contributed by atoms with Gasteiger partial charge < -0.3 is 14.8 Å². The summed E-state index contributed by atoms with van der Waals surface area (Å²) in [7, 11) is 0. The van der Waals surface area contributed by atoms with E-state index < -0.39 is 11.6 Å². The number of nitrogens with zero attached hydrogens (tertiary/aromatic N) is 2. The fourth-order valence-electron chi connectivity index (χ4n) is 3.11. The Morgan fingerprint density at radius 2 is 2.04 bits per heavy atom. The minimum absolute atomic E-state index is 0.462. The Balaban J connectivity index is 1.68. The summed E-state index contributed by atoms with van der Waals surface area (Å²) < 4.78 is 5.99. The van der Waals surface area contributed by atoms with Crippen LogP contribution in [0.25, 0.3) is 0 Å². The number of likely N-dealkylation sites (tertiary alicyclic amines) is 1. The van der Waals surface area contributed by atoms with Crippen LogP contribution in [-0.2, 0) is 11.3 Å². The topological polar surface area (TPSA) is 78.5 Å². The van der Waals surface area contributed by atoms with Gasteiger partial charge in [0.2, 0.25) is 5.60 Å². The van der Waals surface area contributed by atoms with Crippen LogP contribution in [0.4, 0.5) is 0 Å². The number of aryl methyl sites for hydroxylation is 2. The number of carboxylic acids is 1. The van der Waals surface area contributed by atoms with E-state index in [0.29, 0.717) is 31.7 Å². The number of aromatic nitrogens is 2. The maximum atomic E-state index is 11.9. The maximum Gasteiger partial charge on any atom is 0.348 e. The van der Waals surface area contributed by atoms with Crippen LogP contribution in [0.3, 0.4) is 0 Å². The zero-order valence-corrected chi connectivity index (χ0v) is 14.1. The molecule has 1 aliphatic rings. The minimum Gasteiger partial charge on any atom is -0.478 e. The van der Waals surface area contributed by atoms with Crippen LogP contribution in [0.1, 0.15) is 29.9 Å². The number of aliphatic carboxylic acids is 1. The van der Waals surface area contributed by atoms with Crippen molar-refractivity contribution in [1.82, 2.24) is 14.9 Å². The molecule has 0 radical (unpaired) electrons. The maximum absolute atomic E-state index is 11.9. The monoisotopic (exact) mass is 329 g/mol. The summed E-state index contributed by atoms with van der Waals surface area (Å²) in [5.74, 6) is 0.658.